The number of benzene rings is 3. The predicted molar refractivity (Wildman–Crippen MR) is 177 cm³/mol. The van der Waals surface area contributed by atoms with Crippen molar-refractivity contribution < 1.29 is 23.9 Å². The minimum atomic E-state index is -1.15. The van der Waals surface area contributed by atoms with Crippen molar-refractivity contribution in [3.8, 4) is 17.2 Å². The molecule has 0 saturated carbocycles. The number of aryl methyl sites for hydroxylation is 2. The van der Waals surface area contributed by atoms with Crippen molar-refractivity contribution >= 4 is 17.8 Å². The van der Waals surface area contributed by atoms with Gasteiger partial charge in [-0.15, -0.1) is 0 Å². The van der Waals surface area contributed by atoms with Gasteiger partial charge in [0.05, 0.1) is 23.6 Å². The average molecular weight is 624 g/mol. The minimum absolute atomic E-state index is 0.257. The average Bonchev–Trinajstić information content (AvgIpc) is 3.29. The van der Waals surface area contributed by atoms with Crippen LogP contribution in [0, 0.1) is 29.6 Å². The van der Waals surface area contributed by atoms with Gasteiger partial charge in [-0.1, -0.05) is 81.4 Å². The van der Waals surface area contributed by atoms with Crippen LogP contribution < -0.4 is 10.6 Å². The van der Waals surface area contributed by atoms with Crippen LogP contribution in [0.1, 0.15) is 82.7 Å². The summed E-state index contributed by atoms with van der Waals surface area (Å²) < 4.78 is 11.4. The molecule has 8 nitrogen and oxygen atoms in total. The van der Waals surface area contributed by atoms with E-state index in [1.807, 2.05) is 89.2 Å². The molecule has 0 radical (unpaired) electrons. The van der Waals surface area contributed by atoms with Crippen LogP contribution in [0.5, 0.6) is 0 Å². The van der Waals surface area contributed by atoms with Crippen LogP contribution in [0.2, 0.25) is 0 Å². The van der Waals surface area contributed by atoms with Gasteiger partial charge in [0.15, 0.2) is 6.10 Å². The molecule has 3 aromatic rings. The Kier molecular flexibility index (Phi) is 10.7. The highest BCUT2D eigenvalue weighted by atomic mass is 16.8. The highest BCUT2D eigenvalue weighted by molar-refractivity contribution is 5.92. The Labute approximate surface area is 272 Å². The maximum atomic E-state index is 13.9. The SMILES string of the molecule is Cc1cc(CCC[C@@H](C(=O)N[C@H](C(=O)N[C@H](C)c2ccccc2)C(C)(C)C)[C@@H]2OC(C)(C)OC2=O)ccc1-c1ccc(C#N)cc1. The van der Waals surface area contributed by atoms with Gasteiger partial charge in [0.1, 0.15) is 6.04 Å². The monoisotopic (exact) mass is 623 g/mol. The quantitative estimate of drug-likeness (QED) is 0.234. The second-order valence-electron chi connectivity index (χ2n) is 13.6. The summed E-state index contributed by atoms with van der Waals surface area (Å²) in [6.45, 7) is 12.9. The minimum Gasteiger partial charge on any atom is -0.432 e. The van der Waals surface area contributed by atoms with E-state index in [2.05, 4.69) is 34.9 Å². The molecule has 8 heteroatoms. The van der Waals surface area contributed by atoms with E-state index in [4.69, 9.17) is 14.7 Å². The number of hydrogen-bond acceptors (Lipinski definition) is 6. The zero-order chi connectivity index (χ0) is 33.6. The molecule has 1 heterocycles. The number of carbonyl (C=O) groups excluding carboxylic acids is 3. The molecular weight excluding hydrogens is 578 g/mol. The lowest BCUT2D eigenvalue weighted by molar-refractivity contribution is -0.162. The summed E-state index contributed by atoms with van der Waals surface area (Å²) in [5.74, 6) is -3.30. The zero-order valence-electron chi connectivity index (χ0n) is 27.8. The molecule has 1 aliphatic heterocycles. The number of esters is 1. The molecule has 0 spiro atoms. The number of amides is 2. The van der Waals surface area contributed by atoms with Crippen molar-refractivity contribution in [2.24, 2.45) is 11.3 Å². The Morgan fingerprint density at radius 1 is 0.978 bits per heavy atom. The molecule has 3 aromatic carbocycles. The van der Waals surface area contributed by atoms with E-state index in [9.17, 15) is 14.4 Å². The fraction of sp³-hybridized carbons (Fsp3) is 0.421. The van der Waals surface area contributed by atoms with Gasteiger partial charge in [0, 0.05) is 13.8 Å². The van der Waals surface area contributed by atoms with Crippen LogP contribution in [0.4, 0.5) is 0 Å². The van der Waals surface area contributed by atoms with Crippen molar-refractivity contribution in [2.75, 3.05) is 0 Å². The van der Waals surface area contributed by atoms with Gasteiger partial charge < -0.3 is 20.1 Å². The Balaban J connectivity index is 1.48. The number of hydrogen-bond donors (Lipinski definition) is 2. The molecule has 1 fully saturated rings. The third-order valence-electron chi connectivity index (χ3n) is 8.36. The van der Waals surface area contributed by atoms with Crippen molar-refractivity contribution in [1.29, 1.82) is 5.26 Å². The number of rotatable bonds is 11. The standard InChI is InChI=1S/C38H45N3O5/c1-24-22-26(18-21-30(24)29-19-16-27(23-39)17-20-29)12-11-15-31(32-36(44)46-38(6,7)45-32)34(42)41-33(37(3,4)5)35(43)40-25(2)28-13-9-8-10-14-28/h8-10,13-14,16-22,25,31-33H,11-12,15H2,1-7H3,(H,40,43)(H,41,42)/t25-,31-,32+,33-/m1/s1. The van der Waals surface area contributed by atoms with E-state index in [1.54, 1.807) is 13.8 Å². The van der Waals surface area contributed by atoms with Crippen LogP contribution in [-0.4, -0.2) is 35.7 Å². The third kappa shape index (κ3) is 8.61. The smallest absolute Gasteiger partial charge is 0.338 e. The summed E-state index contributed by atoms with van der Waals surface area (Å²) in [4.78, 5) is 40.4. The predicted octanol–water partition coefficient (Wildman–Crippen LogP) is 6.56. The van der Waals surface area contributed by atoms with Crippen molar-refractivity contribution in [1.82, 2.24) is 10.6 Å². The van der Waals surface area contributed by atoms with E-state index < -0.39 is 41.1 Å². The fourth-order valence-electron chi connectivity index (χ4n) is 5.85. The number of ether oxygens (including phenoxy) is 2. The van der Waals surface area contributed by atoms with E-state index >= 15 is 0 Å². The summed E-state index contributed by atoms with van der Waals surface area (Å²) in [5.41, 5.74) is 5.29. The van der Waals surface area contributed by atoms with E-state index in [0.29, 0.717) is 24.8 Å². The lowest BCUT2D eigenvalue weighted by atomic mass is 9.84. The second-order valence-corrected chi connectivity index (χ2v) is 13.6. The first-order valence-corrected chi connectivity index (χ1v) is 15.8. The number of cyclic esters (lactones) is 1. The van der Waals surface area contributed by atoms with Crippen molar-refractivity contribution in [3.63, 3.8) is 0 Å². The molecule has 4 atom stereocenters. The van der Waals surface area contributed by atoms with Gasteiger partial charge in [-0.3, -0.25) is 9.59 Å². The molecule has 0 unspecified atom stereocenters. The van der Waals surface area contributed by atoms with Crippen LogP contribution in [0.3, 0.4) is 0 Å². The molecule has 46 heavy (non-hydrogen) atoms. The van der Waals surface area contributed by atoms with Crippen LogP contribution >= 0.6 is 0 Å². The van der Waals surface area contributed by atoms with E-state index in [-0.39, 0.29) is 11.9 Å². The number of carbonyl (C=O) groups is 3. The molecule has 0 bridgehead atoms. The van der Waals surface area contributed by atoms with Crippen molar-refractivity contribution in [2.45, 2.75) is 91.7 Å². The number of nitrogens with one attached hydrogen (secondary N) is 2. The number of nitriles is 1. The highest BCUT2D eigenvalue weighted by Gasteiger charge is 2.48. The summed E-state index contributed by atoms with van der Waals surface area (Å²) in [6, 6.07) is 24.4. The van der Waals surface area contributed by atoms with Gasteiger partial charge in [0.25, 0.3) is 0 Å². The maximum absolute atomic E-state index is 13.9. The van der Waals surface area contributed by atoms with Crippen molar-refractivity contribution in [3.05, 3.63) is 95.1 Å². The summed E-state index contributed by atoms with van der Waals surface area (Å²) in [7, 11) is 0. The molecule has 1 saturated heterocycles. The molecule has 2 amide bonds. The normalized spacial score (nSPS) is 17.7. The summed E-state index contributed by atoms with van der Waals surface area (Å²) in [5, 5.41) is 15.1. The second kappa shape index (κ2) is 14.3. The van der Waals surface area contributed by atoms with Crippen LogP contribution in [0.15, 0.2) is 72.8 Å². The fourth-order valence-corrected chi connectivity index (χ4v) is 5.85. The van der Waals surface area contributed by atoms with Gasteiger partial charge in [0.2, 0.25) is 17.6 Å². The van der Waals surface area contributed by atoms with Gasteiger partial charge in [-0.2, -0.15) is 5.26 Å². The number of nitrogens with zero attached hydrogens (tertiary/aromatic N) is 1. The Morgan fingerprint density at radius 3 is 2.22 bits per heavy atom. The lowest BCUT2D eigenvalue weighted by Gasteiger charge is -2.33. The molecule has 0 aliphatic carbocycles. The van der Waals surface area contributed by atoms with Gasteiger partial charge in [-0.05, 0) is 78.5 Å². The zero-order valence-corrected chi connectivity index (χ0v) is 27.8. The maximum Gasteiger partial charge on any atom is 0.338 e. The summed E-state index contributed by atoms with van der Waals surface area (Å²) in [6.07, 6.45) is 0.569. The topological polar surface area (TPSA) is 118 Å². The molecule has 242 valence electrons. The first-order valence-electron chi connectivity index (χ1n) is 15.8. The van der Waals surface area contributed by atoms with Crippen LogP contribution in [-0.2, 0) is 30.3 Å². The van der Waals surface area contributed by atoms with Gasteiger partial charge in [-0.25, -0.2) is 4.79 Å². The molecular formula is C38H45N3O5. The Bertz CT molecular complexity index is 1590. The molecule has 4 rings (SSSR count). The highest BCUT2D eigenvalue weighted by Crippen LogP contribution is 2.32. The summed E-state index contributed by atoms with van der Waals surface area (Å²) >= 11 is 0. The Hall–Kier alpha value is -4.48. The largest absolute Gasteiger partial charge is 0.432 e. The van der Waals surface area contributed by atoms with Crippen LogP contribution in [0.25, 0.3) is 11.1 Å². The van der Waals surface area contributed by atoms with E-state index in [0.717, 1.165) is 27.8 Å². The third-order valence-corrected chi connectivity index (χ3v) is 8.36. The van der Waals surface area contributed by atoms with E-state index in [1.165, 1.54) is 0 Å². The molecule has 2 N–H and O–H groups in total. The molecule has 1 aliphatic rings. The van der Waals surface area contributed by atoms with Gasteiger partial charge >= 0.3 is 5.97 Å². The first kappa shape index (κ1) is 34.4. The molecule has 0 aromatic heterocycles. The Morgan fingerprint density at radius 2 is 1.65 bits per heavy atom. The first-order chi connectivity index (χ1) is 21.7. The lowest BCUT2D eigenvalue weighted by Crippen LogP contribution is -2.56.